The van der Waals surface area contributed by atoms with Crippen molar-refractivity contribution < 1.29 is 0 Å². The third kappa shape index (κ3) is 1.63. The fraction of sp³-hybridized carbons (Fsp3) is 0.727. The molecule has 3 nitrogen and oxygen atoms in total. The molecule has 1 fully saturated rings. The Kier molecular flexibility index (Phi) is 2.48. The molecule has 1 aromatic rings. The van der Waals surface area contributed by atoms with Crippen LogP contribution in [0.15, 0.2) is 12.3 Å². The highest BCUT2D eigenvalue weighted by Crippen LogP contribution is 2.36. The number of hydrogen-bond donors (Lipinski definition) is 1. The minimum Gasteiger partial charge on any atom is -0.384 e. The van der Waals surface area contributed by atoms with Crippen molar-refractivity contribution in [2.24, 2.45) is 11.8 Å². The average molecular weight is 193 g/mol. The number of nitrogen functional groups attached to an aromatic ring is 1. The van der Waals surface area contributed by atoms with Gasteiger partial charge in [0.25, 0.3) is 0 Å². The van der Waals surface area contributed by atoms with E-state index >= 15 is 0 Å². The molecule has 78 valence electrons. The van der Waals surface area contributed by atoms with Gasteiger partial charge in [0, 0.05) is 0 Å². The van der Waals surface area contributed by atoms with E-state index in [4.69, 9.17) is 5.73 Å². The highest BCUT2D eigenvalue weighted by molar-refractivity contribution is 5.26. The third-order valence-electron chi connectivity index (χ3n) is 3.62. The molecular formula is C11H19N3. The van der Waals surface area contributed by atoms with Crippen LogP contribution in [0.25, 0.3) is 0 Å². The Labute approximate surface area is 85.3 Å². The monoisotopic (exact) mass is 193 g/mol. The molecule has 0 amide bonds. The fourth-order valence-electron chi connectivity index (χ4n) is 2.37. The van der Waals surface area contributed by atoms with E-state index in [-0.39, 0.29) is 0 Å². The summed E-state index contributed by atoms with van der Waals surface area (Å²) in [5.74, 6) is 2.44. The largest absolute Gasteiger partial charge is 0.384 e. The molecule has 1 saturated carbocycles. The van der Waals surface area contributed by atoms with Gasteiger partial charge in [-0.15, -0.1) is 0 Å². The van der Waals surface area contributed by atoms with Crippen molar-refractivity contribution in [3.05, 3.63) is 12.3 Å². The first-order valence-electron chi connectivity index (χ1n) is 5.47. The minimum atomic E-state index is 0.524. The van der Waals surface area contributed by atoms with Crippen LogP contribution in [0.4, 0.5) is 5.82 Å². The van der Waals surface area contributed by atoms with Crippen molar-refractivity contribution in [1.82, 2.24) is 9.78 Å². The highest BCUT2D eigenvalue weighted by atomic mass is 15.3. The summed E-state index contributed by atoms with van der Waals surface area (Å²) in [6.45, 7) is 4.67. The summed E-state index contributed by atoms with van der Waals surface area (Å²) in [7, 11) is 0. The van der Waals surface area contributed by atoms with Gasteiger partial charge in [0.15, 0.2) is 0 Å². The third-order valence-corrected chi connectivity index (χ3v) is 3.62. The molecule has 1 aromatic heterocycles. The fourth-order valence-corrected chi connectivity index (χ4v) is 2.37. The second-order valence-electron chi connectivity index (χ2n) is 4.62. The molecule has 0 radical (unpaired) electrons. The zero-order chi connectivity index (χ0) is 10.1. The molecule has 3 atom stereocenters. The van der Waals surface area contributed by atoms with Crippen LogP contribution in [0.2, 0.25) is 0 Å². The molecule has 1 heterocycles. The standard InChI is InChI=1S/C11H19N3/c1-8-3-4-10(7-9(8)2)14-11(12)5-6-13-14/h5-6,8-10H,3-4,7,12H2,1-2H3. The Morgan fingerprint density at radius 3 is 2.71 bits per heavy atom. The van der Waals surface area contributed by atoms with Crippen molar-refractivity contribution >= 4 is 5.82 Å². The van der Waals surface area contributed by atoms with Gasteiger partial charge < -0.3 is 5.73 Å². The molecular weight excluding hydrogens is 174 g/mol. The zero-order valence-electron chi connectivity index (χ0n) is 8.98. The molecule has 3 heteroatoms. The van der Waals surface area contributed by atoms with Gasteiger partial charge in [0.05, 0.1) is 12.2 Å². The lowest BCUT2D eigenvalue weighted by molar-refractivity contribution is 0.202. The first-order chi connectivity index (χ1) is 6.68. The van der Waals surface area contributed by atoms with Crippen molar-refractivity contribution in [3.8, 4) is 0 Å². The summed E-state index contributed by atoms with van der Waals surface area (Å²) in [6.07, 6.45) is 5.52. The van der Waals surface area contributed by atoms with Gasteiger partial charge in [0.1, 0.15) is 5.82 Å². The average Bonchev–Trinajstić information content (AvgIpc) is 2.57. The van der Waals surface area contributed by atoms with E-state index in [1.165, 1.54) is 19.3 Å². The van der Waals surface area contributed by atoms with Gasteiger partial charge in [-0.25, -0.2) is 4.68 Å². The van der Waals surface area contributed by atoms with E-state index in [9.17, 15) is 0 Å². The second-order valence-corrected chi connectivity index (χ2v) is 4.62. The van der Waals surface area contributed by atoms with Crippen molar-refractivity contribution in [2.75, 3.05) is 5.73 Å². The number of nitrogens with zero attached hydrogens (tertiary/aromatic N) is 2. The van der Waals surface area contributed by atoms with Gasteiger partial charge in [-0.05, 0) is 37.2 Å². The summed E-state index contributed by atoms with van der Waals surface area (Å²) >= 11 is 0. The predicted molar refractivity (Wildman–Crippen MR) is 57.9 cm³/mol. The van der Waals surface area contributed by atoms with Crippen LogP contribution >= 0.6 is 0 Å². The Hall–Kier alpha value is -0.990. The zero-order valence-corrected chi connectivity index (χ0v) is 8.98. The van der Waals surface area contributed by atoms with Gasteiger partial charge >= 0.3 is 0 Å². The smallest absolute Gasteiger partial charge is 0.121 e. The van der Waals surface area contributed by atoms with E-state index in [0.717, 1.165) is 17.7 Å². The summed E-state index contributed by atoms with van der Waals surface area (Å²) < 4.78 is 1.99. The van der Waals surface area contributed by atoms with Crippen LogP contribution in [0.5, 0.6) is 0 Å². The maximum absolute atomic E-state index is 5.85. The summed E-state index contributed by atoms with van der Waals surface area (Å²) in [6, 6.07) is 2.40. The van der Waals surface area contributed by atoms with Gasteiger partial charge in [0.2, 0.25) is 0 Å². The Balaban J connectivity index is 2.10. The number of hydrogen-bond acceptors (Lipinski definition) is 2. The van der Waals surface area contributed by atoms with Crippen LogP contribution in [-0.4, -0.2) is 9.78 Å². The number of rotatable bonds is 1. The molecule has 0 saturated heterocycles. The van der Waals surface area contributed by atoms with Crippen LogP contribution in [0, 0.1) is 11.8 Å². The lowest BCUT2D eigenvalue weighted by Crippen LogP contribution is -2.24. The lowest BCUT2D eigenvalue weighted by atomic mass is 9.79. The topological polar surface area (TPSA) is 43.8 Å². The quantitative estimate of drug-likeness (QED) is 0.744. The first kappa shape index (κ1) is 9.56. The van der Waals surface area contributed by atoms with Crippen molar-refractivity contribution in [1.29, 1.82) is 0 Å². The van der Waals surface area contributed by atoms with Crippen LogP contribution in [0.3, 0.4) is 0 Å². The Morgan fingerprint density at radius 1 is 1.36 bits per heavy atom. The Morgan fingerprint density at radius 2 is 2.14 bits per heavy atom. The predicted octanol–water partition coefficient (Wildman–Crippen LogP) is 2.46. The molecule has 14 heavy (non-hydrogen) atoms. The second kappa shape index (κ2) is 3.64. The molecule has 1 aliphatic rings. The summed E-state index contributed by atoms with van der Waals surface area (Å²) in [5, 5.41) is 4.29. The van der Waals surface area contributed by atoms with Crippen molar-refractivity contribution in [3.63, 3.8) is 0 Å². The highest BCUT2D eigenvalue weighted by Gasteiger charge is 2.26. The number of aromatic nitrogens is 2. The molecule has 2 rings (SSSR count). The van der Waals surface area contributed by atoms with E-state index in [1.807, 2.05) is 10.7 Å². The molecule has 0 aromatic carbocycles. The molecule has 0 bridgehead atoms. The number of nitrogens with two attached hydrogens (primary N) is 1. The van der Waals surface area contributed by atoms with Crippen LogP contribution in [0.1, 0.15) is 39.2 Å². The lowest BCUT2D eigenvalue weighted by Gasteiger charge is -2.32. The van der Waals surface area contributed by atoms with E-state index in [2.05, 4.69) is 18.9 Å². The van der Waals surface area contributed by atoms with Crippen LogP contribution < -0.4 is 5.73 Å². The number of anilines is 1. The van der Waals surface area contributed by atoms with E-state index in [1.54, 1.807) is 6.20 Å². The minimum absolute atomic E-state index is 0.524. The molecule has 0 spiro atoms. The molecule has 1 aliphatic carbocycles. The molecule has 0 aliphatic heterocycles. The van der Waals surface area contributed by atoms with Crippen LogP contribution in [-0.2, 0) is 0 Å². The van der Waals surface area contributed by atoms with Gasteiger partial charge in [-0.3, -0.25) is 0 Å². The molecule has 3 unspecified atom stereocenters. The maximum atomic E-state index is 5.85. The first-order valence-corrected chi connectivity index (χ1v) is 5.47. The van der Waals surface area contributed by atoms with Gasteiger partial charge in [-0.1, -0.05) is 13.8 Å². The summed E-state index contributed by atoms with van der Waals surface area (Å²) in [5.41, 5.74) is 5.85. The normalized spacial score (nSPS) is 33.1. The van der Waals surface area contributed by atoms with E-state index in [0.29, 0.717) is 6.04 Å². The summed E-state index contributed by atoms with van der Waals surface area (Å²) in [4.78, 5) is 0. The molecule has 2 N–H and O–H groups in total. The van der Waals surface area contributed by atoms with Crippen molar-refractivity contribution in [2.45, 2.75) is 39.2 Å². The van der Waals surface area contributed by atoms with E-state index < -0.39 is 0 Å². The SMILES string of the molecule is CC1CCC(n2nccc2N)CC1C. The van der Waals surface area contributed by atoms with Gasteiger partial charge in [-0.2, -0.15) is 5.10 Å². The Bertz CT molecular complexity index is 305. The maximum Gasteiger partial charge on any atom is 0.121 e.